The normalized spacial score (nSPS) is 17.1. The highest BCUT2D eigenvalue weighted by Crippen LogP contribution is 2.37. The van der Waals surface area contributed by atoms with Crippen LogP contribution in [0.25, 0.3) is 0 Å². The van der Waals surface area contributed by atoms with Crippen LogP contribution in [0.15, 0.2) is 41.9 Å². The highest BCUT2D eigenvalue weighted by Gasteiger charge is 2.34. The van der Waals surface area contributed by atoms with Gasteiger partial charge in [0.15, 0.2) is 0 Å². The van der Waals surface area contributed by atoms with Crippen molar-refractivity contribution >= 4 is 33.4 Å². The molecule has 7 nitrogen and oxygen atoms in total. The second-order valence-electron chi connectivity index (χ2n) is 9.36. The lowest BCUT2D eigenvalue weighted by atomic mass is 10.1. The molecule has 0 aromatic heterocycles. The summed E-state index contributed by atoms with van der Waals surface area (Å²) in [6.07, 6.45) is 4.77. The van der Waals surface area contributed by atoms with Gasteiger partial charge in [-0.05, 0) is 84.0 Å². The topological polar surface area (TPSA) is 84.9 Å². The van der Waals surface area contributed by atoms with Crippen molar-refractivity contribution in [1.29, 1.82) is 0 Å². The Balaban J connectivity index is 1.57. The molecule has 0 amide bonds. The minimum atomic E-state index is -3.71. The number of carbonyl (C=O) groups is 1. The Bertz CT molecular complexity index is 1240. The number of nitrogens with zero attached hydrogens (tertiary/aromatic N) is 1. The Morgan fingerprint density at radius 1 is 1.20 bits per heavy atom. The molecular weight excluding hydrogens is 484 g/mol. The van der Waals surface area contributed by atoms with E-state index in [1.54, 1.807) is 12.1 Å². The van der Waals surface area contributed by atoms with Gasteiger partial charge in [0.2, 0.25) is 4.71 Å². The van der Waals surface area contributed by atoms with E-state index in [2.05, 4.69) is 18.6 Å². The molecule has 1 atom stereocenters. The second kappa shape index (κ2) is 10.5. The van der Waals surface area contributed by atoms with Crippen LogP contribution in [0, 0.1) is 12.8 Å². The molecule has 1 aliphatic heterocycles. The van der Waals surface area contributed by atoms with Crippen LogP contribution in [0.5, 0.6) is 5.75 Å². The van der Waals surface area contributed by atoms with Crippen LogP contribution in [0.2, 0.25) is 0 Å². The summed E-state index contributed by atoms with van der Waals surface area (Å²) in [6, 6.07) is 9.19. The maximum absolute atomic E-state index is 13.4. The van der Waals surface area contributed by atoms with Crippen molar-refractivity contribution in [3.8, 4) is 5.75 Å². The maximum atomic E-state index is 13.4. The predicted octanol–water partition coefficient (Wildman–Crippen LogP) is 5.05. The average molecular weight is 517 g/mol. The molecule has 0 bridgehead atoms. The van der Waals surface area contributed by atoms with E-state index in [4.69, 9.17) is 9.47 Å². The summed E-state index contributed by atoms with van der Waals surface area (Å²) in [5, 5.41) is 1.83. The summed E-state index contributed by atoms with van der Waals surface area (Å²) in [5.41, 5.74) is 5.10. The van der Waals surface area contributed by atoms with E-state index in [0.717, 1.165) is 36.0 Å². The van der Waals surface area contributed by atoms with E-state index in [-0.39, 0.29) is 12.6 Å². The van der Waals surface area contributed by atoms with Crippen molar-refractivity contribution in [2.24, 2.45) is 5.92 Å². The highest BCUT2D eigenvalue weighted by molar-refractivity contribution is 8.15. The molecule has 188 valence electrons. The highest BCUT2D eigenvalue weighted by atomic mass is 32.3. The van der Waals surface area contributed by atoms with Gasteiger partial charge in [-0.2, -0.15) is 0 Å². The molecular formula is C26H32N2O5S2. The monoisotopic (exact) mass is 516 g/mol. The van der Waals surface area contributed by atoms with Gasteiger partial charge in [0, 0.05) is 12.7 Å². The van der Waals surface area contributed by atoms with Gasteiger partial charge in [0.25, 0.3) is 10.0 Å². The first kappa shape index (κ1) is 25.4. The Labute approximate surface area is 211 Å². The van der Waals surface area contributed by atoms with Crippen molar-refractivity contribution < 1.29 is 22.7 Å². The van der Waals surface area contributed by atoms with Crippen LogP contribution in [0.3, 0.4) is 0 Å². The third kappa shape index (κ3) is 5.78. The lowest BCUT2D eigenvalue weighted by Crippen LogP contribution is -2.38. The third-order valence-corrected chi connectivity index (χ3v) is 9.33. The van der Waals surface area contributed by atoms with Crippen LogP contribution < -0.4 is 9.46 Å². The fraction of sp³-hybridized carbons (Fsp3) is 0.423. The maximum Gasteiger partial charge on any atom is 0.337 e. The zero-order valence-electron chi connectivity index (χ0n) is 20.5. The Hall–Kier alpha value is -2.65. The number of rotatable bonds is 9. The Morgan fingerprint density at radius 3 is 2.63 bits per heavy atom. The van der Waals surface area contributed by atoms with Crippen LogP contribution in [0.1, 0.15) is 52.9 Å². The SMILES string of the molecule is COC(=O)c1ccc(COc2cc3c(cc2NS(=O)(=O)C2SC=CN2CC(C)C)CCC3)c(C)c1. The number of anilines is 1. The number of esters is 1. The fourth-order valence-corrected chi connectivity index (χ4v) is 7.09. The minimum Gasteiger partial charge on any atom is -0.487 e. The number of nitrogens with one attached hydrogen (secondary N) is 1. The van der Waals surface area contributed by atoms with E-state index < -0.39 is 14.7 Å². The standard InChI is InChI=1S/C26H32N2O5S2/c1-17(2)15-28-10-11-34-26(28)35(30,31)27-23-13-19-6-5-7-20(19)14-24(23)33-16-22-9-8-21(12-18(22)3)25(29)32-4/h8-14,17,26-27H,5-7,15-16H2,1-4H3. The lowest BCUT2D eigenvalue weighted by Gasteiger charge is -2.27. The Morgan fingerprint density at radius 2 is 1.94 bits per heavy atom. The zero-order chi connectivity index (χ0) is 25.2. The minimum absolute atomic E-state index is 0.250. The summed E-state index contributed by atoms with van der Waals surface area (Å²) in [7, 11) is -2.36. The number of carbonyl (C=O) groups excluding carboxylic acids is 1. The summed E-state index contributed by atoms with van der Waals surface area (Å²) in [6.45, 7) is 6.95. The molecule has 0 radical (unpaired) electrons. The molecule has 2 aromatic carbocycles. The Kier molecular flexibility index (Phi) is 7.66. The number of ether oxygens (including phenoxy) is 2. The molecule has 0 saturated carbocycles. The summed E-state index contributed by atoms with van der Waals surface area (Å²) in [5.74, 6) is 0.461. The van der Waals surface area contributed by atoms with Gasteiger partial charge in [-0.25, -0.2) is 13.2 Å². The van der Waals surface area contributed by atoms with Gasteiger partial charge in [0.05, 0.1) is 18.4 Å². The van der Waals surface area contributed by atoms with E-state index >= 15 is 0 Å². The molecule has 1 N–H and O–H groups in total. The first-order valence-electron chi connectivity index (χ1n) is 11.7. The third-order valence-electron chi connectivity index (χ3n) is 6.15. The summed E-state index contributed by atoms with van der Waals surface area (Å²) in [4.78, 5) is 13.7. The number of methoxy groups -OCH3 is 1. The van der Waals surface area contributed by atoms with Crippen LogP contribution in [-0.4, -0.2) is 37.6 Å². The van der Waals surface area contributed by atoms with Crippen molar-refractivity contribution in [2.75, 3.05) is 18.4 Å². The van der Waals surface area contributed by atoms with Crippen LogP contribution in [0.4, 0.5) is 5.69 Å². The van der Waals surface area contributed by atoms with Gasteiger partial charge in [-0.1, -0.05) is 31.7 Å². The van der Waals surface area contributed by atoms with Crippen molar-refractivity contribution in [3.63, 3.8) is 0 Å². The number of fused-ring (bicyclic) bond motifs is 1. The number of benzene rings is 2. The molecule has 1 unspecified atom stereocenters. The first-order valence-corrected chi connectivity index (χ1v) is 14.2. The van der Waals surface area contributed by atoms with E-state index in [1.165, 1.54) is 24.4 Å². The van der Waals surface area contributed by atoms with Crippen LogP contribution in [-0.2, 0) is 34.2 Å². The molecule has 1 aliphatic carbocycles. The van der Waals surface area contributed by atoms with E-state index in [9.17, 15) is 13.2 Å². The van der Waals surface area contributed by atoms with Gasteiger partial charge in [-0.3, -0.25) is 4.72 Å². The number of sulfonamides is 1. The van der Waals surface area contributed by atoms with E-state index in [0.29, 0.717) is 29.5 Å². The predicted molar refractivity (Wildman–Crippen MR) is 140 cm³/mol. The quantitative estimate of drug-likeness (QED) is 0.467. The second-order valence-corrected chi connectivity index (χ2v) is 12.4. The fourth-order valence-electron chi connectivity index (χ4n) is 4.41. The smallest absolute Gasteiger partial charge is 0.337 e. The van der Waals surface area contributed by atoms with E-state index in [1.807, 2.05) is 41.6 Å². The summed E-state index contributed by atoms with van der Waals surface area (Å²) >= 11 is 1.28. The molecule has 9 heteroatoms. The average Bonchev–Trinajstić information content (AvgIpc) is 3.46. The number of thioether (sulfide) groups is 1. The first-order chi connectivity index (χ1) is 16.7. The van der Waals surface area contributed by atoms with Gasteiger partial charge in [-0.15, -0.1) is 0 Å². The molecule has 2 aromatic rings. The van der Waals surface area contributed by atoms with Crippen molar-refractivity contribution in [2.45, 2.75) is 51.3 Å². The molecule has 1 heterocycles. The van der Waals surface area contributed by atoms with Crippen molar-refractivity contribution in [1.82, 2.24) is 4.90 Å². The molecule has 4 rings (SSSR count). The molecule has 35 heavy (non-hydrogen) atoms. The lowest BCUT2D eigenvalue weighted by molar-refractivity contribution is 0.0600. The molecule has 0 spiro atoms. The number of hydrogen-bond acceptors (Lipinski definition) is 7. The molecule has 0 saturated heterocycles. The largest absolute Gasteiger partial charge is 0.487 e. The number of aryl methyl sites for hydroxylation is 3. The zero-order valence-corrected chi connectivity index (χ0v) is 22.2. The number of hydrogen-bond donors (Lipinski definition) is 1. The summed E-state index contributed by atoms with van der Waals surface area (Å²) < 4.78 is 39.9. The van der Waals surface area contributed by atoms with Crippen LogP contribution >= 0.6 is 11.8 Å². The molecule has 2 aliphatic rings. The van der Waals surface area contributed by atoms with Gasteiger partial charge in [0.1, 0.15) is 12.4 Å². The molecule has 0 fully saturated rings. The van der Waals surface area contributed by atoms with Crippen molar-refractivity contribution in [3.05, 3.63) is 69.8 Å². The van der Waals surface area contributed by atoms with Gasteiger partial charge < -0.3 is 14.4 Å². The van der Waals surface area contributed by atoms with Gasteiger partial charge >= 0.3 is 5.97 Å².